The standard InChI is InChI=1S/C21H29N3O3/c1-2-22-21(24-15-20-7-4-10-26-20)23-14-17-5-3-6-18(13-17)16-27-19-8-11-25-12-9-19/h3-7,10,13,19H,2,8-9,11-12,14-16H2,1H3,(H2,22,23,24). The zero-order valence-electron chi connectivity index (χ0n) is 15.9. The van der Waals surface area contributed by atoms with Crippen molar-refractivity contribution in [1.82, 2.24) is 10.6 Å². The Hall–Kier alpha value is -2.31. The molecule has 146 valence electrons. The van der Waals surface area contributed by atoms with Gasteiger partial charge < -0.3 is 24.5 Å². The molecule has 1 aliphatic rings. The molecule has 6 nitrogen and oxygen atoms in total. The second-order valence-corrected chi connectivity index (χ2v) is 6.57. The number of ether oxygens (including phenoxy) is 2. The van der Waals surface area contributed by atoms with E-state index in [1.807, 2.05) is 12.1 Å². The minimum atomic E-state index is 0.312. The van der Waals surface area contributed by atoms with Crippen molar-refractivity contribution in [3.8, 4) is 0 Å². The van der Waals surface area contributed by atoms with Crippen molar-refractivity contribution in [2.75, 3.05) is 19.8 Å². The number of nitrogens with zero attached hydrogens (tertiary/aromatic N) is 1. The number of benzene rings is 1. The first-order chi connectivity index (χ1) is 13.3. The summed E-state index contributed by atoms with van der Waals surface area (Å²) in [6.07, 6.45) is 3.95. The summed E-state index contributed by atoms with van der Waals surface area (Å²) in [5.74, 6) is 1.66. The largest absolute Gasteiger partial charge is 0.467 e. The predicted molar refractivity (Wildman–Crippen MR) is 105 cm³/mol. The van der Waals surface area contributed by atoms with Crippen LogP contribution in [0.15, 0.2) is 52.1 Å². The Morgan fingerprint density at radius 2 is 2.00 bits per heavy atom. The van der Waals surface area contributed by atoms with E-state index in [9.17, 15) is 0 Å². The highest BCUT2D eigenvalue weighted by atomic mass is 16.5. The Kier molecular flexibility index (Phi) is 7.74. The van der Waals surface area contributed by atoms with E-state index in [-0.39, 0.29) is 0 Å². The molecular weight excluding hydrogens is 342 g/mol. The zero-order valence-corrected chi connectivity index (χ0v) is 15.9. The summed E-state index contributed by atoms with van der Waals surface area (Å²) in [7, 11) is 0. The molecule has 0 saturated carbocycles. The molecule has 2 N–H and O–H groups in total. The topological polar surface area (TPSA) is 68.0 Å². The SMILES string of the molecule is CCNC(=NCc1cccc(COC2CCOCC2)c1)NCc1ccco1. The van der Waals surface area contributed by atoms with Gasteiger partial charge in [0.2, 0.25) is 0 Å². The van der Waals surface area contributed by atoms with E-state index in [0.717, 1.165) is 44.3 Å². The lowest BCUT2D eigenvalue weighted by atomic mass is 10.1. The predicted octanol–water partition coefficient (Wildman–Crippen LogP) is 3.23. The molecule has 0 radical (unpaired) electrons. The molecule has 2 aromatic rings. The molecule has 1 aromatic heterocycles. The maximum Gasteiger partial charge on any atom is 0.191 e. The number of nitrogens with one attached hydrogen (secondary N) is 2. The molecule has 0 amide bonds. The van der Waals surface area contributed by atoms with Crippen LogP contribution >= 0.6 is 0 Å². The molecule has 1 aliphatic heterocycles. The van der Waals surface area contributed by atoms with Gasteiger partial charge in [0, 0.05) is 19.8 Å². The summed E-state index contributed by atoms with van der Waals surface area (Å²) in [5.41, 5.74) is 2.35. The van der Waals surface area contributed by atoms with Gasteiger partial charge in [-0.1, -0.05) is 24.3 Å². The third-order valence-electron chi connectivity index (χ3n) is 4.42. The number of aliphatic imine (C=N–C) groups is 1. The van der Waals surface area contributed by atoms with Crippen molar-refractivity contribution in [3.05, 3.63) is 59.5 Å². The molecule has 1 fully saturated rings. The van der Waals surface area contributed by atoms with Gasteiger partial charge in [0.05, 0.1) is 32.1 Å². The van der Waals surface area contributed by atoms with Crippen molar-refractivity contribution in [2.24, 2.45) is 4.99 Å². The fourth-order valence-corrected chi connectivity index (χ4v) is 2.97. The molecule has 0 atom stereocenters. The van der Waals surface area contributed by atoms with E-state index < -0.39 is 0 Å². The van der Waals surface area contributed by atoms with Crippen LogP contribution in [0.3, 0.4) is 0 Å². The maximum atomic E-state index is 6.02. The second kappa shape index (κ2) is 10.7. The van der Waals surface area contributed by atoms with Crippen LogP contribution < -0.4 is 10.6 Å². The lowest BCUT2D eigenvalue weighted by Crippen LogP contribution is -2.36. The Morgan fingerprint density at radius 3 is 2.78 bits per heavy atom. The quantitative estimate of drug-likeness (QED) is 0.551. The lowest BCUT2D eigenvalue weighted by Gasteiger charge is -2.22. The first-order valence-corrected chi connectivity index (χ1v) is 9.65. The van der Waals surface area contributed by atoms with Gasteiger partial charge in [-0.05, 0) is 43.0 Å². The first-order valence-electron chi connectivity index (χ1n) is 9.65. The van der Waals surface area contributed by atoms with Crippen molar-refractivity contribution in [1.29, 1.82) is 0 Å². The maximum absolute atomic E-state index is 6.02. The Labute approximate surface area is 161 Å². The Balaban J connectivity index is 1.52. The minimum Gasteiger partial charge on any atom is -0.467 e. The van der Waals surface area contributed by atoms with E-state index >= 15 is 0 Å². The molecule has 1 aromatic carbocycles. The summed E-state index contributed by atoms with van der Waals surface area (Å²) in [6, 6.07) is 12.3. The number of guanidine groups is 1. The van der Waals surface area contributed by atoms with Gasteiger partial charge in [0.25, 0.3) is 0 Å². The van der Waals surface area contributed by atoms with E-state index in [1.54, 1.807) is 6.26 Å². The van der Waals surface area contributed by atoms with Crippen molar-refractivity contribution in [2.45, 2.75) is 45.6 Å². The summed E-state index contributed by atoms with van der Waals surface area (Å²) < 4.78 is 16.7. The number of hydrogen-bond donors (Lipinski definition) is 2. The monoisotopic (exact) mass is 371 g/mol. The van der Waals surface area contributed by atoms with E-state index in [2.05, 4.69) is 46.8 Å². The smallest absolute Gasteiger partial charge is 0.191 e. The van der Waals surface area contributed by atoms with Crippen molar-refractivity contribution < 1.29 is 13.9 Å². The number of hydrogen-bond acceptors (Lipinski definition) is 4. The Bertz CT molecular complexity index is 694. The summed E-state index contributed by atoms with van der Waals surface area (Å²) in [5, 5.41) is 6.54. The molecule has 0 bridgehead atoms. The van der Waals surface area contributed by atoms with Gasteiger partial charge in [-0.25, -0.2) is 4.99 Å². The molecular formula is C21H29N3O3. The molecule has 1 saturated heterocycles. The minimum absolute atomic E-state index is 0.312. The van der Waals surface area contributed by atoms with Gasteiger partial charge in [-0.2, -0.15) is 0 Å². The van der Waals surface area contributed by atoms with Gasteiger partial charge in [-0.15, -0.1) is 0 Å². The van der Waals surface area contributed by atoms with Gasteiger partial charge in [-0.3, -0.25) is 0 Å². The van der Waals surface area contributed by atoms with E-state index in [0.29, 0.717) is 25.8 Å². The van der Waals surface area contributed by atoms with Crippen LogP contribution in [0.25, 0.3) is 0 Å². The van der Waals surface area contributed by atoms with E-state index in [1.165, 1.54) is 11.1 Å². The first kappa shape index (κ1) is 19.5. The number of furan rings is 1. The summed E-state index contributed by atoms with van der Waals surface area (Å²) in [6.45, 7) is 6.33. The zero-order chi connectivity index (χ0) is 18.7. The van der Waals surface area contributed by atoms with Crippen LogP contribution in [-0.2, 0) is 29.2 Å². The molecule has 0 unspecified atom stereocenters. The molecule has 27 heavy (non-hydrogen) atoms. The van der Waals surface area contributed by atoms with Gasteiger partial charge >= 0.3 is 0 Å². The fourth-order valence-electron chi connectivity index (χ4n) is 2.97. The summed E-state index contributed by atoms with van der Waals surface area (Å²) in [4.78, 5) is 4.67. The highest BCUT2D eigenvalue weighted by Crippen LogP contribution is 2.14. The van der Waals surface area contributed by atoms with Crippen LogP contribution in [-0.4, -0.2) is 31.8 Å². The molecule has 0 aliphatic carbocycles. The average Bonchev–Trinajstić information content (AvgIpc) is 3.23. The van der Waals surface area contributed by atoms with E-state index in [4.69, 9.17) is 13.9 Å². The normalized spacial score (nSPS) is 15.7. The molecule has 0 spiro atoms. The van der Waals surface area contributed by atoms with Gasteiger partial charge in [0.1, 0.15) is 5.76 Å². The Morgan fingerprint density at radius 1 is 1.15 bits per heavy atom. The highest BCUT2D eigenvalue weighted by molar-refractivity contribution is 5.79. The third kappa shape index (κ3) is 6.73. The number of rotatable bonds is 8. The second-order valence-electron chi connectivity index (χ2n) is 6.57. The third-order valence-corrected chi connectivity index (χ3v) is 4.42. The lowest BCUT2D eigenvalue weighted by molar-refractivity contribution is -0.0390. The van der Waals surface area contributed by atoms with Crippen LogP contribution in [0, 0.1) is 0 Å². The van der Waals surface area contributed by atoms with Crippen molar-refractivity contribution >= 4 is 5.96 Å². The molecule has 2 heterocycles. The fraction of sp³-hybridized carbons (Fsp3) is 0.476. The van der Waals surface area contributed by atoms with Crippen LogP contribution in [0.4, 0.5) is 0 Å². The van der Waals surface area contributed by atoms with Crippen LogP contribution in [0.2, 0.25) is 0 Å². The van der Waals surface area contributed by atoms with Crippen LogP contribution in [0.5, 0.6) is 0 Å². The highest BCUT2D eigenvalue weighted by Gasteiger charge is 2.14. The molecule has 3 rings (SSSR count). The van der Waals surface area contributed by atoms with Crippen LogP contribution in [0.1, 0.15) is 36.7 Å². The summed E-state index contributed by atoms with van der Waals surface area (Å²) >= 11 is 0. The average molecular weight is 371 g/mol. The van der Waals surface area contributed by atoms with Gasteiger partial charge in [0.15, 0.2) is 5.96 Å². The molecule has 6 heteroatoms. The van der Waals surface area contributed by atoms with Crippen molar-refractivity contribution in [3.63, 3.8) is 0 Å².